The summed E-state index contributed by atoms with van der Waals surface area (Å²) >= 11 is 3.44. The second-order valence-corrected chi connectivity index (χ2v) is 4.64. The molecular formula is C14H14BrN3O. The summed E-state index contributed by atoms with van der Waals surface area (Å²) in [5, 5.41) is 0. The predicted molar refractivity (Wildman–Crippen MR) is 80.7 cm³/mol. The van der Waals surface area contributed by atoms with Crippen LogP contribution in [0, 0.1) is 0 Å². The van der Waals surface area contributed by atoms with Gasteiger partial charge in [0.1, 0.15) is 11.6 Å². The van der Waals surface area contributed by atoms with Crippen molar-refractivity contribution in [3.63, 3.8) is 0 Å². The molecule has 0 saturated heterocycles. The van der Waals surface area contributed by atoms with Crippen molar-refractivity contribution in [3.05, 3.63) is 58.6 Å². The van der Waals surface area contributed by atoms with Crippen LogP contribution in [0.4, 0.5) is 5.69 Å². The lowest BCUT2D eigenvalue weighted by Gasteiger charge is -2.09. The molecule has 0 aliphatic carbocycles. The molecule has 0 unspecified atom stereocenters. The van der Waals surface area contributed by atoms with Gasteiger partial charge < -0.3 is 10.2 Å². The molecule has 0 spiro atoms. The zero-order valence-corrected chi connectivity index (χ0v) is 12.0. The van der Waals surface area contributed by atoms with Gasteiger partial charge in [-0.25, -0.2) is 10.8 Å². The highest BCUT2D eigenvalue weighted by atomic mass is 79.9. The molecule has 4 nitrogen and oxygen atoms in total. The standard InChI is InChI=1S/C14H14BrN3O/c1-19-13-8-7-10(9-12(13)15)14(18-16)17-11-5-3-2-4-6-11/h2-9H,16H2,1H3,(H,17,18). The normalized spacial score (nSPS) is 11.2. The predicted octanol–water partition coefficient (Wildman–Crippen LogP) is 3.00. The van der Waals surface area contributed by atoms with Crippen molar-refractivity contribution in [2.24, 2.45) is 10.8 Å². The maximum Gasteiger partial charge on any atom is 0.147 e. The number of hydrazine groups is 1. The average molecular weight is 320 g/mol. The van der Waals surface area contributed by atoms with Crippen LogP contribution in [-0.4, -0.2) is 12.9 Å². The highest BCUT2D eigenvalue weighted by Gasteiger charge is 2.06. The van der Waals surface area contributed by atoms with Gasteiger partial charge in [-0.3, -0.25) is 0 Å². The van der Waals surface area contributed by atoms with Gasteiger partial charge in [-0.15, -0.1) is 0 Å². The number of nitrogens with one attached hydrogen (secondary N) is 1. The molecule has 0 aromatic heterocycles. The van der Waals surface area contributed by atoms with E-state index in [1.165, 1.54) is 0 Å². The zero-order chi connectivity index (χ0) is 13.7. The second kappa shape index (κ2) is 6.36. The SMILES string of the molecule is COc1ccc(C(=Nc2ccccc2)NN)cc1Br. The number of para-hydroxylation sites is 1. The van der Waals surface area contributed by atoms with E-state index in [1.54, 1.807) is 7.11 Å². The van der Waals surface area contributed by atoms with Gasteiger partial charge in [0.2, 0.25) is 0 Å². The fourth-order valence-electron chi connectivity index (χ4n) is 1.63. The lowest BCUT2D eigenvalue weighted by Crippen LogP contribution is -2.30. The number of nitrogens with zero attached hydrogens (tertiary/aromatic N) is 1. The molecule has 0 aliphatic rings. The van der Waals surface area contributed by atoms with E-state index in [2.05, 4.69) is 26.3 Å². The highest BCUT2D eigenvalue weighted by molar-refractivity contribution is 9.10. The van der Waals surface area contributed by atoms with Crippen molar-refractivity contribution in [2.75, 3.05) is 7.11 Å². The number of halogens is 1. The van der Waals surface area contributed by atoms with Crippen LogP contribution in [0.5, 0.6) is 5.75 Å². The third kappa shape index (κ3) is 3.33. The first-order chi connectivity index (χ1) is 9.24. The first kappa shape index (κ1) is 13.6. The first-order valence-corrected chi connectivity index (χ1v) is 6.48. The number of aliphatic imine (C=N–C) groups is 1. The van der Waals surface area contributed by atoms with Crippen LogP contribution in [0.3, 0.4) is 0 Å². The lowest BCUT2D eigenvalue weighted by molar-refractivity contribution is 0.412. The number of ether oxygens (including phenoxy) is 1. The van der Waals surface area contributed by atoms with Crippen LogP contribution in [-0.2, 0) is 0 Å². The zero-order valence-electron chi connectivity index (χ0n) is 10.4. The summed E-state index contributed by atoms with van der Waals surface area (Å²) in [7, 11) is 1.62. The summed E-state index contributed by atoms with van der Waals surface area (Å²) in [6, 6.07) is 15.3. The largest absolute Gasteiger partial charge is 0.496 e. The van der Waals surface area contributed by atoms with Gasteiger partial charge in [0.25, 0.3) is 0 Å². The van der Waals surface area contributed by atoms with Crippen LogP contribution < -0.4 is 16.0 Å². The minimum Gasteiger partial charge on any atom is -0.496 e. The molecule has 2 aromatic rings. The van der Waals surface area contributed by atoms with Crippen LogP contribution >= 0.6 is 15.9 Å². The van der Waals surface area contributed by atoms with Crippen LogP contribution in [0.1, 0.15) is 5.56 Å². The van der Waals surface area contributed by atoms with E-state index in [0.717, 1.165) is 21.5 Å². The molecule has 19 heavy (non-hydrogen) atoms. The van der Waals surface area contributed by atoms with E-state index in [9.17, 15) is 0 Å². The van der Waals surface area contributed by atoms with E-state index >= 15 is 0 Å². The van der Waals surface area contributed by atoms with Gasteiger partial charge in [0.05, 0.1) is 17.3 Å². The van der Waals surface area contributed by atoms with Crippen LogP contribution in [0.2, 0.25) is 0 Å². The van der Waals surface area contributed by atoms with Crippen LogP contribution in [0.25, 0.3) is 0 Å². The Balaban J connectivity index is 2.37. The Kier molecular flexibility index (Phi) is 4.54. The monoisotopic (exact) mass is 319 g/mol. The second-order valence-electron chi connectivity index (χ2n) is 3.79. The molecule has 0 heterocycles. The lowest BCUT2D eigenvalue weighted by atomic mass is 10.2. The van der Waals surface area contributed by atoms with Gasteiger partial charge in [0, 0.05) is 5.56 Å². The van der Waals surface area contributed by atoms with E-state index < -0.39 is 0 Å². The van der Waals surface area contributed by atoms with E-state index in [-0.39, 0.29) is 0 Å². The van der Waals surface area contributed by atoms with Gasteiger partial charge in [0.15, 0.2) is 0 Å². The average Bonchev–Trinajstić information content (AvgIpc) is 2.46. The van der Waals surface area contributed by atoms with Crippen molar-refractivity contribution < 1.29 is 4.74 Å². The quantitative estimate of drug-likeness (QED) is 0.396. The molecular weight excluding hydrogens is 306 g/mol. The minimum atomic E-state index is 0.592. The first-order valence-electron chi connectivity index (χ1n) is 5.69. The number of amidine groups is 1. The molecule has 0 saturated carbocycles. The summed E-state index contributed by atoms with van der Waals surface area (Å²) in [5.74, 6) is 6.90. The number of rotatable bonds is 3. The highest BCUT2D eigenvalue weighted by Crippen LogP contribution is 2.26. The molecule has 0 fully saturated rings. The molecule has 2 aromatic carbocycles. The molecule has 0 atom stereocenters. The Labute approximate surface area is 120 Å². The maximum atomic E-state index is 5.55. The Morgan fingerprint density at radius 2 is 1.95 bits per heavy atom. The third-order valence-electron chi connectivity index (χ3n) is 2.56. The van der Waals surface area contributed by atoms with Crippen molar-refractivity contribution in [1.29, 1.82) is 0 Å². The van der Waals surface area contributed by atoms with Crippen molar-refractivity contribution in [3.8, 4) is 5.75 Å². The Hall–Kier alpha value is -1.85. The molecule has 0 bridgehead atoms. The van der Waals surface area contributed by atoms with Crippen molar-refractivity contribution in [2.45, 2.75) is 0 Å². The number of hydrogen-bond acceptors (Lipinski definition) is 3. The summed E-state index contributed by atoms with van der Waals surface area (Å²) in [4.78, 5) is 4.46. The maximum absolute atomic E-state index is 5.55. The summed E-state index contributed by atoms with van der Waals surface area (Å²) in [6.45, 7) is 0. The molecule has 5 heteroatoms. The number of benzene rings is 2. The molecule has 2 rings (SSSR count). The van der Waals surface area contributed by atoms with Crippen LogP contribution in [0.15, 0.2) is 58.0 Å². The topological polar surface area (TPSA) is 59.6 Å². The molecule has 0 amide bonds. The van der Waals surface area contributed by atoms with E-state index in [0.29, 0.717) is 5.84 Å². The molecule has 0 radical (unpaired) electrons. The molecule has 98 valence electrons. The number of hydrogen-bond donors (Lipinski definition) is 2. The van der Waals surface area contributed by atoms with Gasteiger partial charge >= 0.3 is 0 Å². The Morgan fingerprint density at radius 3 is 2.53 bits per heavy atom. The summed E-state index contributed by atoms with van der Waals surface area (Å²) in [5.41, 5.74) is 4.33. The minimum absolute atomic E-state index is 0.592. The Morgan fingerprint density at radius 1 is 1.21 bits per heavy atom. The summed E-state index contributed by atoms with van der Waals surface area (Å²) in [6.07, 6.45) is 0. The number of methoxy groups -OCH3 is 1. The molecule has 0 aliphatic heterocycles. The fraction of sp³-hybridized carbons (Fsp3) is 0.0714. The van der Waals surface area contributed by atoms with E-state index in [1.807, 2.05) is 48.5 Å². The third-order valence-corrected chi connectivity index (χ3v) is 3.18. The number of nitrogens with two attached hydrogens (primary N) is 1. The van der Waals surface area contributed by atoms with Gasteiger partial charge in [-0.2, -0.15) is 0 Å². The van der Waals surface area contributed by atoms with Crippen molar-refractivity contribution in [1.82, 2.24) is 5.43 Å². The van der Waals surface area contributed by atoms with Gasteiger partial charge in [-0.05, 0) is 46.3 Å². The van der Waals surface area contributed by atoms with Crippen molar-refractivity contribution >= 4 is 27.5 Å². The van der Waals surface area contributed by atoms with Gasteiger partial charge in [-0.1, -0.05) is 18.2 Å². The smallest absolute Gasteiger partial charge is 0.147 e. The van der Waals surface area contributed by atoms with E-state index in [4.69, 9.17) is 10.6 Å². The molecule has 3 N–H and O–H groups in total. The Bertz CT molecular complexity index is 584. The fourth-order valence-corrected chi connectivity index (χ4v) is 2.17. The summed E-state index contributed by atoms with van der Waals surface area (Å²) < 4.78 is 6.04.